The molecule has 0 spiro atoms. The quantitative estimate of drug-likeness (QED) is 0.629. The molecule has 0 saturated carbocycles. The van der Waals surface area contributed by atoms with E-state index in [2.05, 4.69) is 0 Å². The van der Waals surface area contributed by atoms with Crippen LogP contribution in [-0.4, -0.2) is 16.5 Å². The smallest absolute Gasteiger partial charge is 0.264 e. The number of rotatable bonds is 3. The van der Waals surface area contributed by atoms with E-state index >= 15 is 0 Å². The van der Waals surface area contributed by atoms with Crippen molar-refractivity contribution < 1.29 is 9.18 Å². The number of fused-ring (bicyclic) bond motifs is 1. The first-order valence-corrected chi connectivity index (χ1v) is 9.88. The number of benzene rings is 2. The molecule has 2 aromatic carbocycles. The molecule has 0 saturated heterocycles. The Morgan fingerprint density at radius 3 is 2.76 bits per heavy atom. The summed E-state index contributed by atoms with van der Waals surface area (Å²) < 4.78 is 15.1. The fourth-order valence-electron chi connectivity index (χ4n) is 3.79. The molecule has 0 radical (unpaired) electrons. The van der Waals surface area contributed by atoms with Gasteiger partial charge in [-0.2, -0.15) is 0 Å². The van der Waals surface area contributed by atoms with Gasteiger partial charge in [-0.15, -0.1) is 0 Å². The highest BCUT2D eigenvalue weighted by Gasteiger charge is 2.30. The lowest BCUT2D eigenvalue weighted by Crippen LogP contribution is -2.44. The molecule has 0 unspecified atom stereocenters. The van der Waals surface area contributed by atoms with Crippen molar-refractivity contribution in [3.63, 3.8) is 0 Å². The van der Waals surface area contributed by atoms with Gasteiger partial charge >= 0.3 is 0 Å². The maximum Gasteiger partial charge on any atom is 0.264 e. The molecule has 2 heterocycles. The van der Waals surface area contributed by atoms with Crippen LogP contribution in [-0.2, 0) is 13.0 Å². The normalized spacial score (nSPS) is 15.8. The van der Waals surface area contributed by atoms with E-state index in [-0.39, 0.29) is 35.4 Å². The molecule has 0 aliphatic carbocycles. The molecule has 0 fully saturated rings. The van der Waals surface area contributed by atoms with Crippen molar-refractivity contribution in [2.24, 2.45) is 0 Å². The summed E-state index contributed by atoms with van der Waals surface area (Å²) in [4.78, 5) is 28.0. The third kappa shape index (κ3) is 3.70. The number of hydrogen-bond acceptors (Lipinski definition) is 2. The van der Waals surface area contributed by atoms with Crippen LogP contribution in [0, 0.1) is 5.82 Å². The Hall–Kier alpha value is -2.92. The van der Waals surface area contributed by atoms with Crippen LogP contribution in [0.1, 0.15) is 34.8 Å². The molecule has 0 N–H and O–H groups in total. The number of pyridine rings is 1. The van der Waals surface area contributed by atoms with Crippen molar-refractivity contribution in [2.45, 2.75) is 32.4 Å². The highest BCUT2D eigenvalue weighted by Crippen LogP contribution is 2.32. The van der Waals surface area contributed by atoms with Gasteiger partial charge in [0.25, 0.3) is 11.5 Å². The van der Waals surface area contributed by atoms with Gasteiger partial charge in [0.2, 0.25) is 0 Å². The Kier molecular flexibility index (Phi) is 5.24. The van der Waals surface area contributed by atoms with Crippen LogP contribution in [0.25, 0.3) is 0 Å². The van der Waals surface area contributed by atoms with E-state index in [1.54, 1.807) is 29.3 Å². The molecule has 4 nitrogen and oxygen atoms in total. The summed E-state index contributed by atoms with van der Waals surface area (Å²) in [5.74, 6) is -0.698. The van der Waals surface area contributed by atoms with Crippen LogP contribution in [0.5, 0.6) is 0 Å². The number of carbonyl (C=O) groups excluding carboxylic acids is 1. The third-order valence-corrected chi connectivity index (χ3v) is 5.71. The predicted octanol–water partition coefficient (Wildman–Crippen LogP) is 4.67. The van der Waals surface area contributed by atoms with Crippen molar-refractivity contribution >= 4 is 23.2 Å². The molecule has 1 aliphatic heterocycles. The van der Waals surface area contributed by atoms with Crippen molar-refractivity contribution in [1.29, 1.82) is 0 Å². The van der Waals surface area contributed by atoms with Crippen LogP contribution in [0.2, 0.25) is 5.02 Å². The second-order valence-electron chi connectivity index (χ2n) is 7.28. The van der Waals surface area contributed by atoms with Crippen LogP contribution >= 0.6 is 11.6 Å². The van der Waals surface area contributed by atoms with Gasteiger partial charge in [0, 0.05) is 22.9 Å². The van der Waals surface area contributed by atoms with Gasteiger partial charge in [-0.25, -0.2) is 4.39 Å². The van der Waals surface area contributed by atoms with Gasteiger partial charge in [-0.05, 0) is 67.3 Å². The number of carbonyl (C=O) groups is 1. The minimum absolute atomic E-state index is 0.0860. The highest BCUT2D eigenvalue weighted by molar-refractivity contribution is 6.31. The van der Waals surface area contributed by atoms with Gasteiger partial charge in [0.05, 0.1) is 6.54 Å². The van der Waals surface area contributed by atoms with E-state index in [4.69, 9.17) is 11.6 Å². The molecular formula is C23H20ClFN2O2. The molecule has 4 rings (SSSR count). The maximum atomic E-state index is 13.6. The lowest BCUT2D eigenvalue weighted by atomic mass is 9.95. The summed E-state index contributed by atoms with van der Waals surface area (Å²) in [6.45, 7) is 2.21. The summed E-state index contributed by atoms with van der Waals surface area (Å²) in [6.07, 6.45) is 3.05. The topological polar surface area (TPSA) is 42.3 Å². The molecule has 1 amide bonds. The molecular weight excluding hydrogens is 391 g/mol. The van der Waals surface area contributed by atoms with Crippen molar-refractivity contribution in [2.75, 3.05) is 4.90 Å². The van der Waals surface area contributed by atoms with E-state index in [1.807, 2.05) is 25.1 Å². The average molecular weight is 411 g/mol. The average Bonchev–Trinajstić information content (AvgIpc) is 2.71. The Morgan fingerprint density at radius 2 is 1.97 bits per heavy atom. The van der Waals surface area contributed by atoms with Gasteiger partial charge in [0.1, 0.15) is 11.4 Å². The number of hydrogen-bond donors (Lipinski definition) is 0. The summed E-state index contributed by atoms with van der Waals surface area (Å²) in [5, 5.41) is 0.566. The second kappa shape index (κ2) is 7.84. The van der Waals surface area contributed by atoms with Crippen molar-refractivity contribution in [3.8, 4) is 0 Å². The van der Waals surface area contributed by atoms with E-state index in [0.717, 1.165) is 11.1 Å². The molecule has 1 aromatic heterocycles. The van der Waals surface area contributed by atoms with Crippen LogP contribution in [0.3, 0.4) is 0 Å². The van der Waals surface area contributed by atoms with Crippen LogP contribution < -0.4 is 10.5 Å². The minimum atomic E-state index is -0.376. The third-order valence-electron chi connectivity index (χ3n) is 5.34. The Morgan fingerprint density at radius 1 is 1.17 bits per heavy atom. The number of anilines is 1. The summed E-state index contributed by atoms with van der Waals surface area (Å²) >= 11 is 6.22. The van der Waals surface area contributed by atoms with E-state index < -0.39 is 0 Å². The Bertz CT molecular complexity index is 1140. The molecule has 6 heteroatoms. The fraction of sp³-hybridized carbons (Fsp3) is 0.217. The molecule has 1 atom stereocenters. The van der Waals surface area contributed by atoms with E-state index in [0.29, 0.717) is 23.6 Å². The summed E-state index contributed by atoms with van der Waals surface area (Å²) in [5.41, 5.74) is 1.95. The monoisotopic (exact) mass is 410 g/mol. The first kappa shape index (κ1) is 19.4. The first-order valence-electron chi connectivity index (χ1n) is 9.50. The minimum Gasteiger partial charge on any atom is -0.310 e. The number of halogens is 2. The molecule has 3 aromatic rings. The Balaban J connectivity index is 1.72. The van der Waals surface area contributed by atoms with E-state index in [1.165, 1.54) is 22.8 Å². The number of aryl methyl sites for hydroxylation is 1. The highest BCUT2D eigenvalue weighted by atomic mass is 35.5. The largest absolute Gasteiger partial charge is 0.310 e. The van der Waals surface area contributed by atoms with Gasteiger partial charge in [0.15, 0.2) is 0 Å². The van der Waals surface area contributed by atoms with Gasteiger partial charge in [-0.1, -0.05) is 29.8 Å². The lowest BCUT2D eigenvalue weighted by Gasteiger charge is -2.35. The first-order chi connectivity index (χ1) is 14.0. The van der Waals surface area contributed by atoms with Crippen molar-refractivity contribution in [3.05, 3.63) is 98.7 Å². The van der Waals surface area contributed by atoms with E-state index in [9.17, 15) is 14.0 Å². The molecule has 0 bridgehead atoms. The molecule has 148 valence electrons. The van der Waals surface area contributed by atoms with Crippen LogP contribution in [0.4, 0.5) is 10.1 Å². The van der Waals surface area contributed by atoms with Gasteiger partial charge < -0.3 is 9.47 Å². The van der Waals surface area contributed by atoms with Crippen molar-refractivity contribution in [1.82, 2.24) is 4.57 Å². The van der Waals surface area contributed by atoms with Gasteiger partial charge in [-0.3, -0.25) is 9.59 Å². The summed E-state index contributed by atoms with van der Waals surface area (Å²) in [6, 6.07) is 14.9. The van der Waals surface area contributed by atoms with Crippen LogP contribution in [0.15, 0.2) is 65.6 Å². The zero-order valence-electron chi connectivity index (χ0n) is 15.9. The predicted molar refractivity (Wildman–Crippen MR) is 112 cm³/mol. The number of amides is 1. The standard InChI is InChI=1S/C23H20ClFN2O2/c1-15-8-9-16-13-18(25)10-11-21(16)27(15)23(29)19-6-4-12-26(22(19)28)14-17-5-2-3-7-20(17)24/h2-7,10-13,15H,8-9,14H2,1H3/t15-/m0/s1. The SMILES string of the molecule is C[C@H]1CCc2cc(F)ccc2N1C(=O)c1cccn(Cc2ccccc2Cl)c1=O. The maximum absolute atomic E-state index is 13.6. The number of nitrogens with zero attached hydrogens (tertiary/aromatic N) is 2. The molecule has 1 aliphatic rings. The Labute approximate surface area is 173 Å². The zero-order valence-corrected chi connectivity index (χ0v) is 16.7. The zero-order chi connectivity index (χ0) is 20.5. The molecule has 29 heavy (non-hydrogen) atoms. The second-order valence-corrected chi connectivity index (χ2v) is 7.69. The fourth-order valence-corrected chi connectivity index (χ4v) is 3.99. The summed E-state index contributed by atoms with van der Waals surface area (Å²) in [7, 11) is 0. The number of aromatic nitrogens is 1. The lowest BCUT2D eigenvalue weighted by molar-refractivity contribution is 0.0973.